The number of carbonyl (C=O) groups excluding carboxylic acids is 1. The molecule has 0 spiro atoms. The maximum absolute atomic E-state index is 13.2. The molecule has 6 nitrogen and oxygen atoms in total. The van der Waals surface area contributed by atoms with Crippen LogP contribution in [0.3, 0.4) is 0 Å². The Bertz CT molecular complexity index is 1050. The monoisotopic (exact) mass is 428 g/mol. The first-order chi connectivity index (χ1) is 14.5. The minimum absolute atomic E-state index is 0.244. The Morgan fingerprint density at radius 2 is 2.03 bits per heavy atom. The van der Waals surface area contributed by atoms with Crippen molar-refractivity contribution in [2.75, 3.05) is 51.3 Å². The first kappa shape index (κ1) is 20.6. The number of carbonyl (C=O) groups is 1. The molecular weight excluding hydrogens is 403 g/mol. The number of anilines is 1. The van der Waals surface area contributed by atoms with Crippen LogP contribution in [0.5, 0.6) is 5.75 Å². The van der Waals surface area contributed by atoms with Crippen molar-refractivity contribution in [1.82, 2.24) is 15.2 Å². The zero-order valence-corrected chi connectivity index (χ0v) is 18.0. The van der Waals surface area contributed by atoms with Crippen molar-refractivity contribution < 1.29 is 13.9 Å². The average Bonchev–Trinajstić information content (AvgIpc) is 3.21. The molecule has 1 aliphatic heterocycles. The molecule has 0 atom stereocenters. The van der Waals surface area contributed by atoms with Crippen molar-refractivity contribution in [3.05, 3.63) is 53.3 Å². The van der Waals surface area contributed by atoms with E-state index in [-0.39, 0.29) is 5.91 Å². The Labute approximate surface area is 179 Å². The zero-order valence-electron chi connectivity index (χ0n) is 17.2. The summed E-state index contributed by atoms with van der Waals surface area (Å²) in [6, 6.07) is 9.78. The van der Waals surface area contributed by atoms with Crippen LogP contribution in [-0.2, 0) is 0 Å². The predicted octanol–water partition coefficient (Wildman–Crippen LogP) is 3.30. The molecule has 1 aliphatic rings. The molecule has 4 rings (SSSR count). The van der Waals surface area contributed by atoms with Gasteiger partial charge < -0.3 is 15.0 Å². The summed E-state index contributed by atoms with van der Waals surface area (Å²) in [5.41, 5.74) is 2.49. The molecule has 0 bridgehead atoms. The van der Waals surface area contributed by atoms with Gasteiger partial charge in [-0.15, -0.1) is 0 Å². The maximum atomic E-state index is 13.2. The third-order valence-corrected chi connectivity index (χ3v) is 6.61. The van der Waals surface area contributed by atoms with E-state index in [0.29, 0.717) is 12.1 Å². The van der Waals surface area contributed by atoms with Gasteiger partial charge in [0.05, 0.1) is 11.8 Å². The number of aryl methyl sites for hydroxylation is 1. The van der Waals surface area contributed by atoms with Gasteiger partial charge in [0.1, 0.15) is 17.1 Å². The lowest BCUT2D eigenvalue weighted by Gasteiger charge is -2.34. The lowest BCUT2D eigenvalue weighted by molar-refractivity contribution is 0.0947. The van der Waals surface area contributed by atoms with Gasteiger partial charge in [0.15, 0.2) is 5.13 Å². The van der Waals surface area contributed by atoms with E-state index in [1.165, 1.54) is 22.4 Å². The molecule has 1 saturated heterocycles. The van der Waals surface area contributed by atoms with Crippen LogP contribution in [-0.4, -0.2) is 62.2 Å². The van der Waals surface area contributed by atoms with Crippen molar-refractivity contribution in [2.45, 2.75) is 6.92 Å². The highest BCUT2D eigenvalue weighted by Crippen LogP contribution is 2.36. The molecule has 0 saturated carbocycles. The number of amides is 1. The lowest BCUT2D eigenvalue weighted by Crippen LogP contribution is -2.48. The molecule has 1 amide bonds. The van der Waals surface area contributed by atoms with Crippen LogP contribution in [0.4, 0.5) is 9.52 Å². The predicted molar refractivity (Wildman–Crippen MR) is 118 cm³/mol. The van der Waals surface area contributed by atoms with Crippen molar-refractivity contribution in [1.29, 1.82) is 0 Å². The fourth-order valence-corrected chi connectivity index (χ4v) is 4.72. The number of rotatable bonds is 6. The number of nitrogens with one attached hydrogen (secondary N) is 1. The molecule has 1 N–H and O–H groups in total. The van der Waals surface area contributed by atoms with Gasteiger partial charge in [-0.3, -0.25) is 9.69 Å². The number of halogens is 1. The van der Waals surface area contributed by atoms with E-state index in [4.69, 9.17) is 9.72 Å². The quantitative estimate of drug-likeness (QED) is 0.653. The highest BCUT2D eigenvalue weighted by atomic mass is 32.1. The van der Waals surface area contributed by atoms with Gasteiger partial charge >= 0.3 is 0 Å². The number of benzene rings is 2. The van der Waals surface area contributed by atoms with E-state index in [9.17, 15) is 9.18 Å². The normalized spacial score (nSPS) is 14.8. The Morgan fingerprint density at radius 3 is 2.77 bits per heavy atom. The van der Waals surface area contributed by atoms with Crippen LogP contribution in [0.1, 0.15) is 15.9 Å². The number of piperazine rings is 1. The SMILES string of the molecule is COc1ccc(C)c2sc(N3CCN(CCNC(=O)c4cccc(F)c4)CC3)nc12. The molecule has 0 aliphatic carbocycles. The van der Waals surface area contributed by atoms with E-state index in [1.807, 2.05) is 6.07 Å². The molecule has 158 valence electrons. The van der Waals surface area contributed by atoms with E-state index in [0.717, 1.165) is 49.1 Å². The molecule has 3 aromatic rings. The van der Waals surface area contributed by atoms with Crippen LogP contribution in [0.25, 0.3) is 10.2 Å². The minimum Gasteiger partial charge on any atom is -0.494 e. The number of fused-ring (bicyclic) bond motifs is 1. The highest BCUT2D eigenvalue weighted by Gasteiger charge is 2.21. The molecule has 1 fully saturated rings. The van der Waals surface area contributed by atoms with Crippen LogP contribution < -0.4 is 15.0 Å². The largest absolute Gasteiger partial charge is 0.494 e. The summed E-state index contributed by atoms with van der Waals surface area (Å²) in [5, 5.41) is 3.89. The van der Waals surface area contributed by atoms with Crippen LogP contribution in [0.15, 0.2) is 36.4 Å². The topological polar surface area (TPSA) is 57.7 Å². The zero-order chi connectivity index (χ0) is 21.1. The van der Waals surface area contributed by atoms with Gasteiger partial charge in [-0.25, -0.2) is 9.37 Å². The van der Waals surface area contributed by atoms with Crippen molar-refractivity contribution in [2.24, 2.45) is 0 Å². The van der Waals surface area contributed by atoms with E-state index in [2.05, 4.69) is 28.1 Å². The summed E-state index contributed by atoms with van der Waals surface area (Å²) in [5.74, 6) is 0.166. The summed E-state index contributed by atoms with van der Waals surface area (Å²) < 4.78 is 19.9. The molecule has 0 radical (unpaired) electrons. The van der Waals surface area contributed by atoms with Crippen LogP contribution in [0, 0.1) is 12.7 Å². The Kier molecular flexibility index (Phi) is 6.15. The summed E-state index contributed by atoms with van der Waals surface area (Å²) in [7, 11) is 1.68. The third kappa shape index (κ3) is 4.39. The van der Waals surface area contributed by atoms with E-state index < -0.39 is 5.82 Å². The number of methoxy groups -OCH3 is 1. The molecule has 1 aromatic heterocycles. The molecule has 8 heteroatoms. The van der Waals surface area contributed by atoms with Gasteiger partial charge in [-0.05, 0) is 36.8 Å². The second kappa shape index (κ2) is 8.97. The number of nitrogens with zero attached hydrogens (tertiary/aromatic N) is 3. The van der Waals surface area contributed by atoms with E-state index >= 15 is 0 Å². The van der Waals surface area contributed by atoms with Gasteiger partial charge in [-0.1, -0.05) is 23.5 Å². The maximum Gasteiger partial charge on any atom is 0.251 e. The Morgan fingerprint density at radius 1 is 1.23 bits per heavy atom. The Hall–Kier alpha value is -2.71. The summed E-state index contributed by atoms with van der Waals surface area (Å²) in [6.07, 6.45) is 0. The molecule has 2 heterocycles. The number of thiazole rings is 1. The lowest BCUT2D eigenvalue weighted by atomic mass is 10.2. The van der Waals surface area contributed by atoms with Gasteiger partial charge in [0, 0.05) is 44.8 Å². The fourth-order valence-electron chi connectivity index (χ4n) is 3.62. The smallest absolute Gasteiger partial charge is 0.251 e. The van der Waals surface area contributed by atoms with Gasteiger partial charge in [0.2, 0.25) is 0 Å². The first-order valence-corrected chi connectivity index (χ1v) is 10.8. The molecular formula is C22H25FN4O2S. The standard InChI is InChI=1S/C22H25FN4O2S/c1-15-6-7-18(29-2)19-20(15)30-22(25-19)27-12-10-26(11-13-27)9-8-24-21(28)16-4-3-5-17(23)14-16/h3-7,14H,8-13H2,1-2H3,(H,24,28). The van der Waals surface area contributed by atoms with Gasteiger partial charge in [0.25, 0.3) is 5.91 Å². The van der Waals surface area contributed by atoms with Crippen LogP contribution in [0.2, 0.25) is 0 Å². The third-order valence-electron chi connectivity index (χ3n) is 5.36. The molecule has 2 aromatic carbocycles. The number of hydrogen-bond acceptors (Lipinski definition) is 6. The second-order valence-corrected chi connectivity index (χ2v) is 8.33. The van der Waals surface area contributed by atoms with Crippen molar-refractivity contribution in [3.8, 4) is 5.75 Å². The molecule has 0 unspecified atom stereocenters. The molecule has 30 heavy (non-hydrogen) atoms. The summed E-state index contributed by atoms with van der Waals surface area (Å²) in [6.45, 7) is 6.98. The second-order valence-electron chi connectivity index (χ2n) is 7.35. The van der Waals surface area contributed by atoms with Crippen molar-refractivity contribution >= 4 is 32.6 Å². The minimum atomic E-state index is -0.401. The first-order valence-electron chi connectivity index (χ1n) is 10.0. The summed E-state index contributed by atoms with van der Waals surface area (Å²) in [4.78, 5) is 21.6. The van der Waals surface area contributed by atoms with Crippen molar-refractivity contribution in [3.63, 3.8) is 0 Å². The fraction of sp³-hybridized carbons (Fsp3) is 0.364. The summed E-state index contributed by atoms with van der Waals surface area (Å²) >= 11 is 1.71. The Balaban J connectivity index is 1.29. The highest BCUT2D eigenvalue weighted by molar-refractivity contribution is 7.22. The van der Waals surface area contributed by atoms with E-state index in [1.54, 1.807) is 30.6 Å². The average molecular weight is 429 g/mol. The van der Waals surface area contributed by atoms with Gasteiger partial charge in [-0.2, -0.15) is 0 Å². The number of ether oxygens (including phenoxy) is 1. The number of aromatic nitrogens is 1. The number of hydrogen-bond donors (Lipinski definition) is 1. The van der Waals surface area contributed by atoms with Crippen LogP contribution >= 0.6 is 11.3 Å².